The predicted molar refractivity (Wildman–Crippen MR) is 85.3 cm³/mol. The van der Waals surface area contributed by atoms with E-state index in [0.717, 1.165) is 12.8 Å². The lowest BCUT2D eigenvalue weighted by Crippen LogP contribution is -2.46. The van der Waals surface area contributed by atoms with Crippen LogP contribution in [0, 0.1) is 29.6 Å². The van der Waals surface area contributed by atoms with Crippen molar-refractivity contribution in [3.05, 3.63) is 0 Å². The topological polar surface area (TPSA) is 55.1 Å². The minimum atomic E-state index is 0.0717. The van der Waals surface area contributed by atoms with Crippen molar-refractivity contribution < 1.29 is 4.79 Å². The average molecular weight is 282 g/mol. The highest BCUT2D eigenvalue weighted by Gasteiger charge is 2.35. The summed E-state index contributed by atoms with van der Waals surface area (Å²) in [6.07, 6.45) is 4.55. The maximum absolute atomic E-state index is 12.5. The van der Waals surface area contributed by atoms with Gasteiger partial charge in [-0.15, -0.1) is 0 Å². The molecule has 1 amide bonds. The van der Waals surface area contributed by atoms with E-state index in [-0.39, 0.29) is 17.9 Å². The molecule has 0 radical (unpaired) electrons. The molecule has 1 fully saturated rings. The first-order chi connectivity index (χ1) is 9.36. The summed E-state index contributed by atoms with van der Waals surface area (Å²) < 4.78 is 0. The van der Waals surface area contributed by atoms with Crippen LogP contribution in [0.15, 0.2) is 0 Å². The molecule has 1 saturated carbocycles. The third kappa shape index (κ3) is 4.76. The van der Waals surface area contributed by atoms with Crippen LogP contribution in [-0.2, 0) is 4.79 Å². The molecule has 0 heterocycles. The highest BCUT2D eigenvalue weighted by atomic mass is 16.1. The summed E-state index contributed by atoms with van der Waals surface area (Å²) in [6.45, 7) is 11.7. The Morgan fingerprint density at radius 2 is 1.95 bits per heavy atom. The van der Waals surface area contributed by atoms with Crippen LogP contribution < -0.4 is 11.1 Å². The maximum Gasteiger partial charge on any atom is 0.223 e. The lowest BCUT2D eigenvalue weighted by molar-refractivity contribution is -0.129. The average Bonchev–Trinajstić information content (AvgIpc) is 2.42. The molecule has 118 valence electrons. The van der Waals surface area contributed by atoms with Crippen LogP contribution in [0.2, 0.25) is 0 Å². The van der Waals surface area contributed by atoms with Gasteiger partial charge in [-0.3, -0.25) is 4.79 Å². The number of hydrogen-bond acceptors (Lipinski definition) is 2. The van der Waals surface area contributed by atoms with E-state index in [1.807, 2.05) is 0 Å². The van der Waals surface area contributed by atoms with Gasteiger partial charge in [0, 0.05) is 18.5 Å². The van der Waals surface area contributed by atoms with Gasteiger partial charge in [0.1, 0.15) is 0 Å². The molecule has 1 rings (SSSR count). The Hall–Kier alpha value is -0.570. The minimum absolute atomic E-state index is 0.0717. The Morgan fingerprint density at radius 1 is 1.30 bits per heavy atom. The highest BCUT2D eigenvalue weighted by Crippen LogP contribution is 2.38. The third-order valence-corrected chi connectivity index (χ3v) is 5.25. The van der Waals surface area contributed by atoms with E-state index in [2.05, 4.69) is 39.9 Å². The lowest BCUT2D eigenvalue weighted by Gasteiger charge is -2.36. The van der Waals surface area contributed by atoms with Gasteiger partial charge in [0.25, 0.3) is 0 Å². The molecule has 0 aromatic carbocycles. The van der Waals surface area contributed by atoms with Crippen molar-refractivity contribution in [2.45, 2.75) is 66.3 Å². The van der Waals surface area contributed by atoms with Crippen LogP contribution >= 0.6 is 0 Å². The van der Waals surface area contributed by atoms with Gasteiger partial charge < -0.3 is 11.1 Å². The fraction of sp³-hybridized carbons (Fsp3) is 0.941. The van der Waals surface area contributed by atoms with Crippen molar-refractivity contribution in [1.82, 2.24) is 5.32 Å². The van der Waals surface area contributed by atoms with E-state index in [0.29, 0.717) is 30.2 Å². The van der Waals surface area contributed by atoms with Crippen LogP contribution in [0.25, 0.3) is 0 Å². The normalized spacial score (nSPS) is 30.1. The second-order valence-electron chi connectivity index (χ2n) is 7.23. The molecule has 3 nitrogen and oxygen atoms in total. The Labute approximate surface area is 125 Å². The minimum Gasteiger partial charge on any atom is -0.354 e. The SMILES string of the molecule is CCC(C)[C@H](N)CNC(=O)[C@@H]1C[C@H](C)CC[C@H]1C(C)C. The summed E-state index contributed by atoms with van der Waals surface area (Å²) >= 11 is 0. The highest BCUT2D eigenvalue weighted by molar-refractivity contribution is 5.79. The molecule has 0 aliphatic heterocycles. The zero-order valence-corrected chi connectivity index (χ0v) is 14.0. The van der Waals surface area contributed by atoms with Gasteiger partial charge in [0.05, 0.1) is 0 Å². The van der Waals surface area contributed by atoms with Gasteiger partial charge in [-0.25, -0.2) is 0 Å². The van der Waals surface area contributed by atoms with Gasteiger partial charge in [0.15, 0.2) is 0 Å². The maximum atomic E-state index is 12.5. The van der Waals surface area contributed by atoms with E-state index in [4.69, 9.17) is 5.73 Å². The van der Waals surface area contributed by atoms with Gasteiger partial charge in [-0.2, -0.15) is 0 Å². The largest absolute Gasteiger partial charge is 0.354 e. The van der Waals surface area contributed by atoms with E-state index < -0.39 is 0 Å². The number of amides is 1. The Kier molecular flexibility index (Phi) is 7.01. The molecule has 5 atom stereocenters. The molecule has 20 heavy (non-hydrogen) atoms. The van der Waals surface area contributed by atoms with Crippen LogP contribution in [0.1, 0.15) is 60.3 Å². The number of carbonyl (C=O) groups excluding carboxylic acids is 1. The number of nitrogens with two attached hydrogens (primary N) is 1. The Morgan fingerprint density at radius 3 is 2.50 bits per heavy atom. The van der Waals surface area contributed by atoms with E-state index in [1.165, 1.54) is 12.8 Å². The zero-order valence-electron chi connectivity index (χ0n) is 14.0. The van der Waals surface area contributed by atoms with Crippen LogP contribution in [0.5, 0.6) is 0 Å². The fourth-order valence-electron chi connectivity index (χ4n) is 3.36. The number of nitrogens with one attached hydrogen (secondary N) is 1. The van der Waals surface area contributed by atoms with Crippen molar-refractivity contribution in [1.29, 1.82) is 0 Å². The molecule has 1 aliphatic rings. The lowest BCUT2D eigenvalue weighted by atomic mass is 9.70. The third-order valence-electron chi connectivity index (χ3n) is 5.25. The Bertz CT molecular complexity index is 303. The molecule has 0 aromatic heterocycles. The van der Waals surface area contributed by atoms with Crippen molar-refractivity contribution in [2.24, 2.45) is 35.3 Å². The molecule has 0 aromatic rings. The van der Waals surface area contributed by atoms with Gasteiger partial charge in [-0.05, 0) is 36.5 Å². The van der Waals surface area contributed by atoms with Crippen molar-refractivity contribution in [2.75, 3.05) is 6.54 Å². The molecular weight excluding hydrogens is 248 g/mol. The number of carbonyl (C=O) groups is 1. The molecule has 0 saturated heterocycles. The molecule has 3 heteroatoms. The van der Waals surface area contributed by atoms with E-state index in [9.17, 15) is 4.79 Å². The van der Waals surface area contributed by atoms with Crippen molar-refractivity contribution >= 4 is 5.91 Å². The van der Waals surface area contributed by atoms with Crippen LogP contribution in [-0.4, -0.2) is 18.5 Å². The summed E-state index contributed by atoms with van der Waals surface area (Å²) in [5.74, 6) is 2.66. The molecule has 0 spiro atoms. The summed E-state index contributed by atoms with van der Waals surface area (Å²) in [6, 6.07) is 0.0717. The standard InChI is InChI=1S/C17H34N2O/c1-6-13(5)16(18)10-19-17(20)15-9-12(4)7-8-14(15)11(2)3/h11-16H,6-10,18H2,1-5H3,(H,19,20)/t12-,13?,14+,15-,16-/m1/s1. The van der Waals surface area contributed by atoms with Crippen LogP contribution in [0.4, 0.5) is 0 Å². The van der Waals surface area contributed by atoms with Crippen LogP contribution in [0.3, 0.4) is 0 Å². The van der Waals surface area contributed by atoms with Gasteiger partial charge in [0.2, 0.25) is 5.91 Å². The molecular formula is C17H34N2O. The second-order valence-corrected chi connectivity index (χ2v) is 7.23. The summed E-state index contributed by atoms with van der Waals surface area (Å²) in [4.78, 5) is 12.5. The van der Waals surface area contributed by atoms with Gasteiger partial charge in [-0.1, -0.05) is 47.5 Å². The summed E-state index contributed by atoms with van der Waals surface area (Å²) in [5.41, 5.74) is 6.11. The molecule has 0 bridgehead atoms. The first kappa shape index (κ1) is 17.5. The first-order valence-electron chi connectivity index (χ1n) is 8.40. The van der Waals surface area contributed by atoms with Crippen molar-refractivity contribution in [3.8, 4) is 0 Å². The quantitative estimate of drug-likeness (QED) is 0.786. The first-order valence-corrected chi connectivity index (χ1v) is 8.40. The van der Waals surface area contributed by atoms with E-state index in [1.54, 1.807) is 0 Å². The number of rotatable bonds is 6. The summed E-state index contributed by atoms with van der Waals surface area (Å²) in [5, 5.41) is 3.11. The molecule has 3 N–H and O–H groups in total. The number of hydrogen-bond donors (Lipinski definition) is 2. The second kappa shape index (κ2) is 8.02. The Balaban J connectivity index is 2.54. The monoisotopic (exact) mass is 282 g/mol. The van der Waals surface area contributed by atoms with Crippen molar-refractivity contribution in [3.63, 3.8) is 0 Å². The zero-order chi connectivity index (χ0) is 15.3. The van der Waals surface area contributed by atoms with Gasteiger partial charge >= 0.3 is 0 Å². The molecule has 1 aliphatic carbocycles. The summed E-state index contributed by atoms with van der Waals surface area (Å²) in [7, 11) is 0. The van der Waals surface area contributed by atoms with E-state index >= 15 is 0 Å². The fourth-order valence-corrected chi connectivity index (χ4v) is 3.36. The smallest absolute Gasteiger partial charge is 0.223 e. The molecule has 1 unspecified atom stereocenters. The predicted octanol–water partition coefficient (Wildman–Crippen LogP) is 3.18.